The molecule has 1 fully saturated rings. The third-order valence-corrected chi connectivity index (χ3v) is 3.63. The van der Waals surface area contributed by atoms with Crippen LogP contribution in [-0.2, 0) is 13.1 Å². The highest BCUT2D eigenvalue weighted by molar-refractivity contribution is 5.26. The first-order valence-electron chi connectivity index (χ1n) is 7.59. The fraction of sp³-hybridized carbons (Fsp3) is 0.500. The van der Waals surface area contributed by atoms with E-state index in [1.165, 1.54) is 18.4 Å². The summed E-state index contributed by atoms with van der Waals surface area (Å²) in [5.41, 5.74) is 2.23. The van der Waals surface area contributed by atoms with E-state index in [4.69, 9.17) is 4.74 Å². The van der Waals surface area contributed by atoms with Gasteiger partial charge in [0.05, 0.1) is 12.2 Å². The zero-order chi connectivity index (χ0) is 14.5. The molecular formula is C16H22N4O. The quantitative estimate of drug-likeness (QED) is 0.808. The smallest absolute Gasteiger partial charge is 0.119 e. The van der Waals surface area contributed by atoms with Crippen molar-refractivity contribution in [3.05, 3.63) is 41.7 Å². The minimum absolute atomic E-state index is 0.599. The highest BCUT2D eigenvalue weighted by atomic mass is 16.5. The summed E-state index contributed by atoms with van der Waals surface area (Å²) in [6.45, 7) is 5.28. The van der Waals surface area contributed by atoms with Gasteiger partial charge in [0.15, 0.2) is 0 Å². The van der Waals surface area contributed by atoms with Crippen molar-refractivity contribution in [2.45, 2.75) is 32.9 Å². The minimum Gasteiger partial charge on any atom is -0.492 e. The zero-order valence-electron chi connectivity index (χ0n) is 12.5. The Kier molecular flexibility index (Phi) is 4.50. The van der Waals surface area contributed by atoms with Crippen molar-refractivity contribution in [1.29, 1.82) is 0 Å². The van der Waals surface area contributed by atoms with Crippen molar-refractivity contribution in [3.63, 3.8) is 0 Å². The Morgan fingerprint density at radius 1 is 1.29 bits per heavy atom. The number of hydrogen-bond donors (Lipinski definition) is 1. The van der Waals surface area contributed by atoms with Gasteiger partial charge in [0.2, 0.25) is 0 Å². The van der Waals surface area contributed by atoms with Crippen LogP contribution in [0.1, 0.15) is 24.1 Å². The van der Waals surface area contributed by atoms with Crippen LogP contribution in [-0.4, -0.2) is 28.1 Å². The molecule has 1 N–H and O–H groups in total. The van der Waals surface area contributed by atoms with Crippen molar-refractivity contribution in [2.75, 3.05) is 13.2 Å². The lowest BCUT2D eigenvalue weighted by molar-refractivity contribution is 0.289. The topological polar surface area (TPSA) is 52.0 Å². The van der Waals surface area contributed by atoms with Gasteiger partial charge in [0, 0.05) is 12.7 Å². The number of ether oxygens (including phenoxy) is 1. The van der Waals surface area contributed by atoms with Crippen LogP contribution in [0, 0.1) is 12.8 Å². The van der Waals surface area contributed by atoms with Gasteiger partial charge in [-0.3, -0.25) is 0 Å². The summed E-state index contributed by atoms with van der Waals surface area (Å²) in [5.74, 6) is 1.79. The molecule has 0 bridgehead atoms. The van der Waals surface area contributed by atoms with Crippen LogP contribution >= 0.6 is 0 Å². The summed E-state index contributed by atoms with van der Waals surface area (Å²) in [6.07, 6.45) is 4.73. The van der Waals surface area contributed by atoms with E-state index in [1.54, 1.807) is 0 Å². The van der Waals surface area contributed by atoms with Crippen molar-refractivity contribution >= 4 is 0 Å². The predicted molar refractivity (Wildman–Crippen MR) is 81.1 cm³/mol. The third-order valence-electron chi connectivity index (χ3n) is 3.63. The van der Waals surface area contributed by atoms with E-state index in [0.717, 1.165) is 30.5 Å². The molecule has 1 aliphatic carbocycles. The summed E-state index contributed by atoms with van der Waals surface area (Å²) in [6, 6.07) is 8.08. The Hall–Kier alpha value is -1.88. The Bertz CT molecular complexity index is 560. The zero-order valence-corrected chi connectivity index (χ0v) is 12.5. The first-order chi connectivity index (χ1) is 10.3. The molecule has 1 aromatic carbocycles. The molecule has 0 amide bonds. The molecule has 2 aromatic rings. The van der Waals surface area contributed by atoms with Crippen LogP contribution < -0.4 is 10.1 Å². The highest BCUT2D eigenvalue weighted by Gasteiger charge is 2.20. The first-order valence-corrected chi connectivity index (χ1v) is 7.59. The molecule has 21 heavy (non-hydrogen) atoms. The molecule has 1 saturated carbocycles. The average molecular weight is 286 g/mol. The van der Waals surface area contributed by atoms with Gasteiger partial charge < -0.3 is 10.1 Å². The van der Waals surface area contributed by atoms with Crippen LogP contribution in [0.2, 0.25) is 0 Å². The Morgan fingerprint density at radius 2 is 2.10 bits per heavy atom. The molecule has 5 nitrogen and oxygen atoms in total. The van der Waals surface area contributed by atoms with E-state index in [0.29, 0.717) is 13.2 Å². The van der Waals surface area contributed by atoms with Crippen LogP contribution in [0.15, 0.2) is 30.5 Å². The normalized spacial score (nSPS) is 14.3. The molecule has 1 aromatic heterocycles. The second-order valence-corrected chi connectivity index (χ2v) is 5.71. The van der Waals surface area contributed by atoms with Crippen LogP contribution in [0.5, 0.6) is 5.75 Å². The minimum atomic E-state index is 0.599. The Balaban J connectivity index is 1.38. The molecule has 0 aliphatic heterocycles. The Labute approximate surface area is 125 Å². The molecule has 1 heterocycles. The lowest BCUT2D eigenvalue weighted by Gasteiger charge is -2.05. The van der Waals surface area contributed by atoms with Gasteiger partial charge in [0.1, 0.15) is 12.4 Å². The maximum Gasteiger partial charge on any atom is 0.119 e. The average Bonchev–Trinajstić information content (AvgIpc) is 3.20. The summed E-state index contributed by atoms with van der Waals surface area (Å²) in [5, 5.41) is 11.7. The molecule has 5 heteroatoms. The number of benzene rings is 1. The molecule has 1 aliphatic rings. The highest BCUT2D eigenvalue weighted by Crippen LogP contribution is 2.27. The van der Waals surface area contributed by atoms with Gasteiger partial charge >= 0.3 is 0 Å². The summed E-state index contributed by atoms with van der Waals surface area (Å²) in [4.78, 5) is 0. The monoisotopic (exact) mass is 286 g/mol. The largest absolute Gasteiger partial charge is 0.492 e. The van der Waals surface area contributed by atoms with Gasteiger partial charge in [-0.05, 0) is 44.4 Å². The van der Waals surface area contributed by atoms with Gasteiger partial charge in [-0.15, -0.1) is 5.10 Å². The molecular weight excluding hydrogens is 264 g/mol. The number of nitrogens with zero attached hydrogens (tertiary/aromatic N) is 3. The van der Waals surface area contributed by atoms with Crippen molar-refractivity contribution in [1.82, 2.24) is 20.3 Å². The van der Waals surface area contributed by atoms with Crippen LogP contribution in [0.25, 0.3) is 0 Å². The predicted octanol–water partition coefficient (Wildman–Crippen LogP) is 2.17. The second-order valence-electron chi connectivity index (χ2n) is 5.71. The molecule has 3 rings (SSSR count). The molecule has 112 valence electrons. The number of rotatable bonds is 8. The molecule has 0 atom stereocenters. The van der Waals surface area contributed by atoms with Crippen molar-refractivity contribution in [3.8, 4) is 5.75 Å². The fourth-order valence-electron chi connectivity index (χ4n) is 2.15. The van der Waals surface area contributed by atoms with Gasteiger partial charge in [-0.25, -0.2) is 4.68 Å². The molecule has 0 saturated heterocycles. The maximum absolute atomic E-state index is 5.69. The summed E-state index contributed by atoms with van der Waals surface area (Å²) in [7, 11) is 0. The molecule has 0 spiro atoms. The standard InChI is InChI=1S/C16H22N4O/c1-13-2-6-16(7-3-13)21-9-8-20-12-15(18-19-20)11-17-10-14-4-5-14/h2-3,6-7,12,14,17H,4-5,8-11H2,1H3. The molecule has 0 unspecified atom stereocenters. The van der Waals surface area contributed by atoms with Crippen LogP contribution in [0.4, 0.5) is 0 Å². The maximum atomic E-state index is 5.69. The van der Waals surface area contributed by atoms with Gasteiger partial charge in [-0.2, -0.15) is 0 Å². The number of hydrogen-bond acceptors (Lipinski definition) is 4. The lowest BCUT2D eigenvalue weighted by atomic mass is 10.2. The second kappa shape index (κ2) is 6.72. The lowest BCUT2D eigenvalue weighted by Crippen LogP contribution is -2.16. The number of nitrogens with one attached hydrogen (secondary N) is 1. The van der Waals surface area contributed by atoms with E-state index >= 15 is 0 Å². The van der Waals surface area contributed by atoms with Crippen molar-refractivity contribution in [2.24, 2.45) is 5.92 Å². The SMILES string of the molecule is Cc1ccc(OCCn2cc(CNCC3CC3)nn2)cc1. The van der Waals surface area contributed by atoms with E-state index in [9.17, 15) is 0 Å². The first kappa shape index (κ1) is 14.1. The van der Waals surface area contributed by atoms with Crippen LogP contribution in [0.3, 0.4) is 0 Å². The van der Waals surface area contributed by atoms with E-state index in [1.807, 2.05) is 23.0 Å². The number of aryl methyl sites for hydroxylation is 1. The molecule has 0 radical (unpaired) electrons. The number of aromatic nitrogens is 3. The Morgan fingerprint density at radius 3 is 2.86 bits per heavy atom. The van der Waals surface area contributed by atoms with E-state index in [-0.39, 0.29) is 0 Å². The van der Waals surface area contributed by atoms with Crippen molar-refractivity contribution < 1.29 is 4.74 Å². The third kappa shape index (κ3) is 4.56. The fourth-order valence-corrected chi connectivity index (χ4v) is 2.15. The summed E-state index contributed by atoms with van der Waals surface area (Å²) >= 11 is 0. The van der Waals surface area contributed by atoms with E-state index < -0.39 is 0 Å². The van der Waals surface area contributed by atoms with Gasteiger partial charge in [-0.1, -0.05) is 22.9 Å². The van der Waals surface area contributed by atoms with E-state index in [2.05, 4.69) is 34.7 Å². The summed E-state index contributed by atoms with van der Waals surface area (Å²) < 4.78 is 7.53. The van der Waals surface area contributed by atoms with Gasteiger partial charge in [0.25, 0.3) is 0 Å².